The molecule has 4 aliphatic rings. The summed E-state index contributed by atoms with van der Waals surface area (Å²) in [6, 6.07) is 0. The number of hydrogen-bond acceptors (Lipinski definition) is 1. The highest BCUT2D eigenvalue weighted by molar-refractivity contribution is 5.85. The van der Waals surface area contributed by atoms with Gasteiger partial charge in [-0.3, -0.25) is 0 Å². The molecule has 4 rings (SSSR count). The fraction of sp³-hybridized carbons (Fsp3) is 0.889. The van der Waals surface area contributed by atoms with Gasteiger partial charge in [0.05, 0.1) is 0 Å². The molecule has 0 aromatic carbocycles. The van der Waals surface area contributed by atoms with Crippen molar-refractivity contribution in [3.05, 3.63) is 11.6 Å². The molecule has 0 heterocycles. The average molecular weight is 401 g/mol. The first kappa shape index (κ1) is 21.4. The maximum Gasteiger partial charge on any atom is 0.330 e. The quantitative estimate of drug-likeness (QED) is 0.486. The monoisotopic (exact) mass is 400 g/mol. The molecule has 2 nitrogen and oxygen atoms in total. The maximum atomic E-state index is 11.1. The van der Waals surface area contributed by atoms with Crippen LogP contribution in [0.3, 0.4) is 0 Å². The number of allylic oxidation sites excluding steroid dienone is 1. The molecule has 0 aromatic rings. The van der Waals surface area contributed by atoms with E-state index >= 15 is 0 Å². The molecule has 164 valence electrons. The molecule has 0 aromatic heterocycles. The molecule has 0 radical (unpaired) electrons. The predicted molar refractivity (Wildman–Crippen MR) is 120 cm³/mol. The highest BCUT2D eigenvalue weighted by atomic mass is 16.4. The van der Waals surface area contributed by atoms with Crippen LogP contribution in [0.2, 0.25) is 0 Å². The lowest BCUT2D eigenvalue weighted by Crippen LogP contribution is -2.53. The molecular weight excluding hydrogens is 356 g/mol. The van der Waals surface area contributed by atoms with E-state index in [1.165, 1.54) is 64.2 Å². The number of hydrogen-bond donors (Lipinski definition) is 1. The Balaban J connectivity index is 1.45. The van der Waals surface area contributed by atoms with Gasteiger partial charge >= 0.3 is 5.97 Å². The second-order valence-corrected chi connectivity index (χ2v) is 11.9. The lowest BCUT2D eigenvalue weighted by atomic mass is 9.44. The summed E-state index contributed by atoms with van der Waals surface area (Å²) in [6.07, 6.45) is 18.8. The minimum Gasteiger partial charge on any atom is -0.478 e. The van der Waals surface area contributed by atoms with E-state index in [9.17, 15) is 4.79 Å². The van der Waals surface area contributed by atoms with E-state index in [0.29, 0.717) is 22.3 Å². The predicted octanol–water partition coefficient (Wildman–Crippen LogP) is 7.48. The molecule has 0 amide bonds. The summed E-state index contributed by atoms with van der Waals surface area (Å²) in [6.45, 7) is 9.51. The zero-order valence-corrected chi connectivity index (χ0v) is 19.4. The van der Waals surface area contributed by atoms with E-state index in [0.717, 1.165) is 42.4 Å². The average Bonchev–Trinajstić information content (AvgIpc) is 3.04. The molecule has 4 saturated carbocycles. The van der Waals surface area contributed by atoms with Crippen molar-refractivity contribution in [1.82, 2.24) is 0 Å². The van der Waals surface area contributed by atoms with Crippen LogP contribution in [0.1, 0.15) is 105 Å². The summed E-state index contributed by atoms with van der Waals surface area (Å²) in [5, 5.41) is 9.10. The van der Waals surface area contributed by atoms with Gasteiger partial charge in [-0.2, -0.15) is 0 Å². The van der Waals surface area contributed by atoms with Crippen LogP contribution in [0.5, 0.6) is 0 Å². The van der Waals surface area contributed by atoms with E-state index in [1.54, 1.807) is 6.92 Å². The first-order chi connectivity index (χ1) is 13.8. The molecule has 0 saturated heterocycles. The Morgan fingerprint density at radius 1 is 1.00 bits per heavy atom. The fourth-order valence-corrected chi connectivity index (χ4v) is 9.12. The SMILES string of the molecule is CC(=CCC[C@@H](C)[C@H]1CC[C@H]2[C@@H]3CCC4CCCC[C@]4(C)[C@H]3CC[C@]12C)C(=O)O. The van der Waals surface area contributed by atoms with Gasteiger partial charge in [0.1, 0.15) is 0 Å². The van der Waals surface area contributed by atoms with Crippen molar-refractivity contribution < 1.29 is 9.90 Å². The number of rotatable bonds is 5. The van der Waals surface area contributed by atoms with Crippen molar-refractivity contribution in [1.29, 1.82) is 0 Å². The Morgan fingerprint density at radius 3 is 2.52 bits per heavy atom. The van der Waals surface area contributed by atoms with Gasteiger partial charge in [0.15, 0.2) is 0 Å². The second-order valence-electron chi connectivity index (χ2n) is 11.9. The van der Waals surface area contributed by atoms with Crippen molar-refractivity contribution in [2.24, 2.45) is 46.3 Å². The Hall–Kier alpha value is -0.790. The molecule has 1 N–H and O–H groups in total. The molecule has 0 bridgehead atoms. The van der Waals surface area contributed by atoms with Crippen LogP contribution in [-0.4, -0.2) is 11.1 Å². The largest absolute Gasteiger partial charge is 0.478 e. The van der Waals surface area contributed by atoms with Gasteiger partial charge in [0, 0.05) is 5.57 Å². The third-order valence-corrected chi connectivity index (χ3v) is 10.8. The Morgan fingerprint density at radius 2 is 1.76 bits per heavy atom. The van der Waals surface area contributed by atoms with Crippen LogP contribution in [-0.2, 0) is 4.79 Å². The van der Waals surface area contributed by atoms with Crippen LogP contribution < -0.4 is 0 Å². The van der Waals surface area contributed by atoms with Gasteiger partial charge < -0.3 is 5.11 Å². The summed E-state index contributed by atoms with van der Waals surface area (Å²) in [5.41, 5.74) is 1.68. The number of carboxylic acids is 1. The fourth-order valence-electron chi connectivity index (χ4n) is 9.12. The summed E-state index contributed by atoms with van der Waals surface area (Å²) < 4.78 is 0. The summed E-state index contributed by atoms with van der Waals surface area (Å²) in [7, 11) is 0. The first-order valence-electron chi connectivity index (χ1n) is 12.7. The number of aliphatic carboxylic acids is 1. The molecule has 29 heavy (non-hydrogen) atoms. The van der Waals surface area contributed by atoms with Crippen molar-refractivity contribution in [2.75, 3.05) is 0 Å². The lowest BCUT2D eigenvalue weighted by molar-refractivity contribution is -0.132. The van der Waals surface area contributed by atoms with Crippen LogP contribution >= 0.6 is 0 Å². The van der Waals surface area contributed by atoms with Crippen molar-refractivity contribution >= 4 is 5.97 Å². The normalized spacial score (nSPS) is 45.8. The highest BCUT2D eigenvalue weighted by Gasteiger charge is 2.59. The third-order valence-electron chi connectivity index (χ3n) is 10.8. The molecule has 0 aliphatic heterocycles. The standard InChI is InChI=1S/C27H44O2/c1-18(8-7-9-19(2)25(28)29)22-13-14-23-21-12-11-20-10-5-6-16-26(20,3)24(21)15-17-27(22,23)4/h9,18,20-24H,5-8,10-17H2,1-4H3,(H,28,29)/t18-,20?,21+,22-,23+,24+,26+,27-/m1/s1. The van der Waals surface area contributed by atoms with E-state index < -0.39 is 5.97 Å². The van der Waals surface area contributed by atoms with Crippen molar-refractivity contribution in [3.8, 4) is 0 Å². The maximum absolute atomic E-state index is 11.1. The second kappa shape index (κ2) is 8.04. The van der Waals surface area contributed by atoms with E-state index in [1.807, 2.05) is 6.08 Å². The molecule has 2 heteroatoms. The lowest BCUT2D eigenvalue weighted by Gasteiger charge is -2.61. The third kappa shape index (κ3) is 3.61. The minimum atomic E-state index is -0.768. The number of fused-ring (bicyclic) bond motifs is 5. The molecule has 1 unspecified atom stereocenters. The van der Waals surface area contributed by atoms with Gasteiger partial charge in [0.2, 0.25) is 0 Å². The Bertz CT molecular complexity index is 651. The zero-order valence-electron chi connectivity index (χ0n) is 19.4. The zero-order chi connectivity index (χ0) is 20.8. The van der Waals surface area contributed by atoms with Crippen molar-refractivity contribution in [2.45, 2.75) is 105 Å². The summed E-state index contributed by atoms with van der Waals surface area (Å²) >= 11 is 0. The van der Waals surface area contributed by atoms with Gasteiger partial charge in [-0.15, -0.1) is 0 Å². The topological polar surface area (TPSA) is 37.3 Å². The smallest absolute Gasteiger partial charge is 0.330 e. The van der Waals surface area contributed by atoms with Gasteiger partial charge in [0.25, 0.3) is 0 Å². The van der Waals surface area contributed by atoms with E-state index in [-0.39, 0.29) is 0 Å². The van der Waals surface area contributed by atoms with Gasteiger partial charge in [-0.05, 0) is 117 Å². The Labute approximate surface area is 178 Å². The summed E-state index contributed by atoms with van der Waals surface area (Å²) in [4.78, 5) is 11.1. The first-order valence-corrected chi connectivity index (χ1v) is 12.7. The molecule has 8 atom stereocenters. The summed E-state index contributed by atoms with van der Waals surface area (Å²) in [5.74, 6) is 4.72. The molecule has 4 aliphatic carbocycles. The van der Waals surface area contributed by atoms with Crippen LogP contribution in [0.25, 0.3) is 0 Å². The van der Waals surface area contributed by atoms with Gasteiger partial charge in [-0.1, -0.05) is 39.7 Å². The van der Waals surface area contributed by atoms with Gasteiger partial charge in [-0.25, -0.2) is 4.79 Å². The van der Waals surface area contributed by atoms with E-state index in [4.69, 9.17) is 5.11 Å². The minimum absolute atomic E-state index is 0.505. The van der Waals surface area contributed by atoms with Crippen LogP contribution in [0.15, 0.2) is 11.6 Å². The number of carboxylic acid groups (broad SMARTS) is 1. The molecule has 4 fully saturated rings. The number of carbonyl (C=O) groups is 1. The van der Waals surface area contributed by atoms with Crippen molar-refractivity contribution in [3.63, 3.8) is 0 Å². The van der Waals surface area contributed by atoms with E-state index in [2.05, 4.69) is 20.8 Å². The molecular formula is C27H44O2. The van der Waals surface area contributed by atoms with Crippen LogP contribution in [0, 0.1) is 46.3 Å². The van der Waals surface area contributed by atoms with Crippen LogP contribution in [0.4, 0.5) is 0 Å². The highest BCUT2D eigenvalue weighted by Crippen LogP contribution is 2.68. The Kier molecular flexibility index (Phi) is 5.95. The molecule has 0 spiro atoms.